The van der Waals surface area contributed by atoms with Crippen LogP contribution < -0.4 is 16.4 Å². The summed E-state index contributed by atoms with van der Waals surface area (Å²) >= 11 is 0. The van der Waals surface area contributed by atoms with E-state index in [9.17, 15) is 9.59 Å². The van der Waals surface area contributed by atoms with Crippen LogP contribution in [-0.2, 0) is 9.59 Å². The predicted octanol–water partition coefficient (Wildman–Crippen LogP) is 0.0934. The molecule has 0 saturated heterocycles. The van der Waals surface area contributed by atoms with Crippen LogP contribution in [0.5, 0.6) is 0 Å². The number of nitrogens with two attached hydrogens (primary N) is 2. The van der Waals surface area contributed by atoms with Gasteiger partial charge in [0.15, 0.2) is 0 Å². The minimum atomic E-state index is -0.723. The zero-order chi connectivity index (χ0) is 12.9. The third-order valence-electron chi connectivity index (χ3n) is 3.77. The van der Waals surface area contributed by atoms with E-state index >= 15 is 0 Å². The van der Waals surface area contributed by atoms with Gasteiger partial charge in [0.1, 0.15) is 0 Å². The van der Waals surface area contributed by atoms with Gasteiger partial charge < -0.3 is 16.4 Å². The van der Waals surface area contributed by atoms with Gasteiger partial charge in [0.2, 0.25) is 11.8 Å². The summed E-state index contributed by atoms with van der Waals surface area (Å²) in [6, 6.07) is 7.37. The van der Waals surface area contributed by atoms with Crippen LogP contribution in [-0.4, -0.2) is 23.9 Å². The number of hydrogen-bond donors (Lipinski definition) is 2. The smallest absolute Gasteiger partial charge is 0.247 e. The highest BCUT2D eigenvalue weighted by molar-refractivity contribution is 6.05. The van der Waals surface area contributed by atoms with Crippen LogP contribution in [0.1, 0.15) is 24.3 Å². The largest absolute Gasteiger partial charge is 0.369 e. The zero-order valence-electron chi connectivity index (χ0n) is 9.93. The van der Waals surface area contributed by atoms with Gasteiger partial charge >= 0.3 is 0 Å². The van der Waals surface area contributed by atoms with Crippen molar-refractivity contribution in [3.63, 3.8) is 0 Å². The first kappa shape index (κ1) is 11.2. The monoisotopic (exact) mass is 245 g/mol. The predicted molar refractivity (Wildman–Crippen MR) is 66.9 cm³/mol. The van der Waals surface area contributed by atoms with Crippen LogP contribution in [0, 0.1) is 0 Å². The fourth-order valence-corrected chi connectivity index (χ4v) is 2.46. The van der Waals surface area contributed by atoms with Crippen molar-refractivity contribution in [1.29, 1.82) is 0 Å². The molecule has 3 rings (SSSR count). The number of hydrogen-bond acceptors (Lipinski definition) is 3. The van der Waals surface area contributed by atoms with Gasteiger partial charge in [-0.1, -0.05) is 18.2 Å². The summed E-state index contributed by atoms with van der Waals surface area (Å²) in [7, 11) is 0. The molecule has 2 aliphatic rings. The van der Waals surface area contributed by atoms with Gasteiger partial charge in [-0.15, -0.1) is 0 Å². The Kier molecular flexibility index (Phi) is 2.22. The van der Waals surface area contributed by atoms with Crippen molar-refractivity contribution in [3.05, 3.63) is 29.8 Å². The quantitative estimate of drug-likeness (QED) is 0.774. The van der Waals surface area contributed by atoms with Gasteiger partial charge in [-0.2, -0.15) is 0 Å². The fraction of sp³-hybridized carbons (Fsp3) is 0.385. The third-order valence-corrected chi connectivity index (χ3v) is 3.77. The molecule has 0 spiro atoms. The molecule has 1 heterocycles. The zero-order valence-corrected chi connectivity index (χ0v) is 9.93. The lowest BCUT2D eigenvalue weighted by atomic mass is 10.0. The maximum atomic E-state index is 12.3. The van der Waals surface area contributed by atoms with Crippen molar-refractivity contribution < 1.29 is 9.59 Å². The first-order chi connectivity index (χ1) is 8.53. The molecular formula is C13H15N3O2. The Morgan fingerprint density at radius 1 is 1.28 bits per heavy atom. The van der Waals surface area contributed by atoms with Gasteiger partial charge in [0, 0.05) is 12.2 Å². The SMILES string of the molecule is NC(=O)[C@@H]1CN(C(=O)C2(N)CC2)c2ccccc21. The fourth-order valence-electron chi connectivity index (χ4n) is 2.46. The van der Waals surface area contributed by atoms with E-state index in [1.54, 1.807) is 4.90 Å². The van der Waals surface area contributed by atoms with Crippen LogP contribution in [0.3, 0.4) is 0 Å². The van der Waals surface area contributed by atoms with Crippen molar-refractivity contribution in [3.8, 4) is 0 Å². The van der Waals surface area contributed by atoms with E-state index in [0.29, 0.717) is 19.4 Å². The lowest BCUT2D eigenvalue weighted by Gasteiger charge is -2.21. The number of fused-ring (bicyclic) bond motifs is 1. The standard InChI is InChI=1S/C13H15N3O2/c14-11(17)9-7-16(12(18)13(15)5-6-13)10-4-2-1-3-8(9)10/h1-4,9H,5-7,15H2,(H2,14,17)/t9-/m1/s1. The van der Waals surface area contributed by atoms with Gasteiger partial charge in [0.25, 0.3) is 0 Å². The second-order valence-electron chi connectivity index (χ2n) is 5.09. The molecule has 0 unspecified atom stereocenters. The molecular weight excluding hydrogens is 230 g/mol. The maximum Gasteiger partial charge on any atom is 0.247 e. The minimum absolute atomic E-state index is 0.0984. The van der Waals surface area contributed by atoms with E-state index in [-0.39, 0.29) is 5.91 Å². The molecule has 0 radical (unpaired) electrons. The Bertz CT molecular complexity index is 537. The van der Waals surface area contributed by atoms with Gasteiger partial charge in [-0.05, 0) is 24.5 Å². The van der Waals surface area contributed by atoms with Crippen molar-refractivity contribution >= 4 is 17.5 Å². The van der Waals surface area contributed by atoms with E-state index in [2.05, 4.69) is 0 Å². The number of primary amides is 1. The van der Waals surface area contributed by atoms with Crippen molar-refractivity contribution in [2.75, 3.05) is 11.4 Å². The molecule has 5 heteroatoms. The van der Waals surface area contributed by atoms with E-state index < -0.39 is 17.4 Å². The minimum Gasteiger partial charge on any atom is -0.369 e. The summed E-state index contributed by atoms with van der Waals surface area (Å²) < 4.78 is 0. The maximum absolute atomic E-state index is 12.3. The van der Waals surface area contributed by atoms with Crippen LogP contribution in [0.4, 0.5) is 5.69 Å². The molecule has 0 aromatic heterocycles. The Morgan fingerprint density at radius 3 is 2.56 bits per heavy atom. The van der Waals surface area contributed by atoms with Crippen LogP contribution in [0.25, 0.3) is 0 Å². The second kappa shape index (κ2) is 3.55. The van der Waals surface area contributed by atoms with Crippen LogP contribution in [0.15, 0.2) is 24.3 Å². The molecule has 1 aliphatic carbocycles. The van der Waals surface area contributed by atoms with E-state index in [4.69, 9.17) is 11.5 Å². The molecule has 94 valence electrons. The van der Waals surface area contributed by atoms with E-state index in [0.717, 1.165) is 11.3 Å². The third kappa shape index (κ3) is 1.51. The van der Waals surface area contributed by atoms with E-state index in [1.165, 1.54) is 0 Å². The lowest BCUT2D eigenvalue weighted by molar-refractivity contribution is -0.121. The van der Waals surface area contributed by atoms with Crippen molar-refractivity contribution in [1.82, 2.24) is 0 Å². The highest BCUT2D eigenvalue weighted by Gasteiger charge is 2.50. The average Bonchev–Trinajstić information content (AvgIpc) is 2.98. The molecule has 1 aliphatic heterocycles. The topological polar surface area (TPSA) is 89.4 Å². The first-order valence-corrected chi connectivity index (χ1v) is 6.02. The highest BCUT2D eigenvalue weighted by atomic mass is 16.2. The summed E-state index contributed by atoms with van der Waals surface area (Å²) in [5.41, 5.74) is 12.2. The lowest BCUT2D eigenvalue weighted by Crippen LogP contribution is -2.46. The Labute approximate surface area is 105 Å². The molecule has 0 bridgehead atoms. The number of rotatable bonds is 2. The molecule has 2 amide bonds. The summed E-state index contributed by atoms with van der Waals surface area (Å²) in [5.74, 6) is -0.925. The van der Waals surface area contributed by atoms with Gasteiger partial charge in [-0.3, -0.25) is 9.59 Å². The molecule has 4 N–H and O–H groups in total. The summed E-state index contributed by atoms with van der Waals surface area (Å²) in [4.78, 5) is 25.4. The summed E-state index contributed by atoms with van der Waals surface area (Å²) in [6.45, 7) is 0.312. The molecule has 5 nitrogen and oxygen atoms in total. The molecule has 1 aromatic rings. The number of benzene rings is 1. The molecule has 1 atom stereocenters. The number of carbonyl (C=O) groups is 2. The number of amides is 2. The number of carbonyl (C=O) groups excluding carboxylic acids is 2. The van der Waals surface area contributed by atoms with Gasteiger partial charge in [0.05, 0.1) is 11.5 Å². The number of nitrogens with zero attached hydrogens (tertiary/aromatic N) is 1. The number of anilines is 1. The second-order valence-corrected chi connectivity index (χ2v) is 5.09. The van der Waals surface area contributed by atoms with Crippen LogP contribution in [0.2, 0.25) is 0 Å². The summed E-state index contributed by atoms with van der Waals surface area (Å²) in [5, 5.41) is 0. The molecule has 1 aromatic carbocycles. The normalized spacial score (nSPS) is 23.6. The Balaban J connectivity index is 1.99. The highest BCUT2D eigenvalue weighted by Crippen LogP contribution is 2.41. The Morgan fingerprint density at radius 2 is 1.94 bits per heavy atom. The van der Waals surface area contributed by atoms with Gasteiger partial charge in [-0.25, -0.2) is 0 Å². The molecule has 1 fully saturated rings. The van der Waals surface area contributed by atoms with Crippen molar-refractivity contribution in [2.45, 2.75) is 24.3 Å². The number of para-hydroxylation sites is 1. The Hall–Kier alpha value is -1.88. The molecule has 18 heavy (non-hydrogen) atoms. The van der Waals surface area contributed by atoms with E-state index in [1.807, 2.05) is 24.3 Å². The van der Waals surface area contributed by atoms with Crippen LogP contribution >= 0.6 is 0 Å². The average molecular weight is 245 g/mol. The van der Waals surface area contributed by atoms with Crippen molar-refractivity contribution in [2.24, 2.45) is 11.5 Å². The molecule has 1 saturated carbocycles. The first-order valence-electron chi connectivity index (χ1n) is 6.02. The summed E-state index contributed by atoms with van der Waals surface area (Å²) in [6.07, 6.45) is 1.43.